The van der Waals surface area contributed by atoms with E-state index in [1.54, 1.807) is 7.11 Å². The molecular formula is C17H26N2O2. The zero-order valence-electron chi connectivity index (χ0n) is 13.2. The summed E-state index contributed by atoms with van der Waals surface area (Å²) in [5, 5.41) is 6.48. The smallest absolute Gasteiger partial charge is 0.220 e. The summed E-state index contributed by atoms with van der Waals surface area (Å²) < 4.78 is 5.41. The van der Waals surface area contributed by atoms with Crippen molar-refractivity contribution in [1.29, 1.82) is 0 Å². The van der Waals surface area contributed by atoms with Crippen molar-refractivity contribution in [2.75, 3.05) is 13.7 Å². The predicted octanol–water partition coefficient (Wildman–Crippen LogP) is 2.71. The Bertz CT molecular complexity index is 484. The number of methoxy groups -OCH3 is 1. The second-order valence-electron chi connectivity index (χ2n) is 5.87. The van der Waals surface area contributed by atoms with Crippen molar-refractivity contribution in [2.24, 2.45) is 0 Å². The van der Waals surface area contributed by atoms with Crippen LogP contribution >= 0.6 is 0 Å². The molecule has 1 aromatic carbocycles. The van der Waals surface area contributed by atoms with Crippen LogP contribution in [0.4, 0.5) is 0 Å². The second kappa shape index (κ2) is 7.46. The van der Waals surface area contributed by atoms with E-state index in [0.29, 0.717) is 12.5 Å². The van der Waals surface area contributed by atoms with E-state index in [-0.39, 0.29) is 11.9 Å². The lowest BCUT2D eigenvalue weighted by Gasteiger charge is -2.18. The number of carbonyl (C=O) groups is 1. The number of hydrogen-bond donors (Lipinski definition) is 2. The predicted molar refractivity (Wildman–Crippen MR) is 84.5 cm³/mol. The molecule has 1 atom stereocenters. The molecule has 1 aromatic rings. The molecule has 1 unspecified atom stereocenters. The van der Waals surface area contributed by atoms with Gasteiger partial charge in [0.05, 0.1) is 7.11 Å². The lowest BCUT2D eigenvalue weighted by molar-refractivity contribution is -0.121. The highest BCUT2D eigenvalue weighted by molar-refractivity contribution is 5.76. The van der Waals surface area contributed by atoms with E-state index < -0.39 is 0 Å². The van der Waals surface area contributed by atoms with E-state index in [0.717, 1.165) is 31.6 Å². The van der Waals surface area contributed by atoms with Crippen molar-refractivity contribution in [2.45, 2.75) is 51.6 Å². The summed E-state index contributed by atoms with van der Waals surface area (Å²) in [6.07, 6.45) is 3.75. The monoisotopic (exact) mass is 290 g/mol. The summed E-state index contributed by atoms with van der Waals surface area (Å²) in [6, 6.07) is 6.88. The molecule has 21 heavy (non-hydrogen) atoms. The molecule has 0 spiro atoms. The maximum Gasteiger partial charge on any atom is 0.220 e. The van der Waals surface area contributed by atoms with Crippen molar-refractivity contribution < 1.29 is 9.53 Å². The van der Waals surface area contributed by atoms with Crippen LogP contribution in [-0.2, 0) is 4.79 Å². The fourth-order valence-electron chi connectivity index (χ4n) is 2.40. The van der Waals surface area contributed by atoms with Crippen molar-refractivity contribution >= 4 is 5.91 Å². The highest BCUT2D eigenvalue weighted by Gasteiger charge is 2.22. The molecule has 116 valence electrons. The molecule has 4 heteroatoms. The van der Waals surface area contributed by atoms with Crippen molar-refractivity contribution in [1.82, 2.24) is 10.6 Å². The normalized spacial score (nSPS) is 15.6. The van der Waals surface area contributed by atoms with Gasteiger partial charge in [-0.15, -0.1) is 0 Å². The van der Waals surface area contributed by atoms with Gasteiger partial charge in [-0.25, -0.2) is 0 Å². The molecule has 2 rings (SSSR count). The molecule has 0 radical (unpaired) electrons. The average Bonchev–Trinajstić information content (AvgIpc) is 3.27. The lowest BCUT2D eigenvalue weighted by atomic mass is 10.0. The van der Waals surface area contributed by atoms with E-state index in [9.17, 15) is 4.79 Å². The Kier molecular flexibility index (Phi) is 5.62. The zero-order valence-corrected chi connectivity index (χ0v) is 13.2. The van der Waals surface area contributed by atoms with Crippen LogP contribution in [0.3, 0.4) is 0 Å². The van der Waals surface area contributed by atoms with Crippen LogP contribution in [0.15, 0.2) is 18.2 Å². The molecule has 1 saturated carbocycles. The van der Waals surface area contributed by atoms with Gasteiger partial charge in [-0.2, -0.15) is 0 Å². The van der Waals surface area contributed by atoms with E-state index >= 15 is 0 Å². The first-order chi connectivity index (χ1) is 10.1. The first kappa shape index (κ1) is 15.8. The largest absolute Gasteiger partial charge is 0.496 e. The fraction of sp³-hybridized carbons (Fsp3) is 0.588. The average molecular weight is 290 g/mol. The van der Waals surface area contributed by atoms with E-state index in [1.807, 2.05) is 6.07 Å². The van der Waals surface area contributed by atoms with Gasteiger partial charge in [0.2, 0.25) is 5.91 Å². The Morgan fingerprint density at radius 3 is 2.86 bits per heavy atom. The molecule has 1 aliphatic carbocycles. The molecular weight excluding hydrogens is 264 g/mol. The quantitative estimate of drug-likeness (QED) is 0.724. The Hall–Kier alpha value is -1.55. The molecule has 0 aliphatic heterocycles. The Morgan fingerprint density at radius 1 is 1.43 bits per heavy atom. The number of carbonyl (C=O) groups excluding carboxylic acids is 1. The lowest BCUT2D eigenvalue weighted by Crippen LogP contribution is -2.27. The Labute approximate surface area is 127 Å². The van der Waals surface area contributed by atoms with Crippen molar-refractivity contribution in [3.05, 3.63) is 29.3 Å². The van der Waals surface area contributed by atoms with Crippen LogP contribution in [0.25, 0.3) is 0 Å². The minimum atomic E-state index is 0.181. The molecule has 4 nitrogen and oxygen atoms in total. The van der Waals surface area contributed by atoms with Crippen LogP contribution in [0.1, 0.15) is 49.8 Å². The van der Waals surface area contributed by atoms with E-state index in [2.05, 4.69) is 36.6 Å². The number of hydrogen-bond acceptors (Lipinski definition) is 3. The van der Waals surface area contributed by atoms with Gasteiger partial charge in [0.25, 0.3) is 0 Å². The molecule has 1 amide bonds. The number of ether oxygens (including phenoxy) is 1. The molecule has 0 bridgehead atoms. The number of rotatable bonds is 8. The maximum absolute atomic E-state index is 11.6. The van der Waals surface area contributed by atoms with Crippen LogP contribution in [0, 0.1) is 6.92 Å². The SMILES string of the molecule is COc1ccc(C)cc1C(C)NCCCC(=O)NC1CC1. The Morgan fingerprint density at radius 2 is 2.19 bits per heavy atom. The number of nitrogens with one attached hydrogen (secondary N) is 2. The topological polar surface area (TPSA) is 50.4 Å². The molecule has 0 heterocycles. The third-order valence-electron chi connectivity index (χ3n) is 3.83. The molecule has 1 aliphatic rings. The van der Waals surface area contributed by atoms with Crippen LogP contribution < -0.4 is 15.4 Å². The minimum Gasteiger partial charge on any atom is -0.496 e. The summed E-state index contributed by atoms with van der Waals surface area (Å²) in [4.78, 5) is 11.6. The highest BCUT2D eigenvalue weighted by atomic mass is 16.5. The zero-order chi connectivity index (χ0) is 15.2. The van der Waals surface area contributed by atoms with Crippen LogP contribution in [0.5, 0.6) is 5.75 Å². The van der Waals surface area contributed by atoms with Gasteiger partial charge in [-0.3, -0.25) is 4.79 Å². The number of amides is 1. The summed E-state index contributed by atoms with van der Waals surface area (Å²) in [5.41, 5.74) is 2.39. The third-order valence-corrected chi connectivity index (χ3v) is 3.83. The molecule has 1 fully saturated rings. The van der Waals surface area contributed by atoms with Crippen molar-refractivity contribution in [3.63, 3.8) is 0 Å². The number of benzene rings is 1. The van der Waals surface area contributed by atoms with Gasteiger partial charge >= 0.3 is 0 Å². The fourth-order valence-corrected chi connectivity index (χ4v) is 2.40. The van der Waals surface area contributed by atoms with Crippen LogP contribution in [-0.4, -0.2) is 25.6 Å². The van der Waals surface area contributed by atoms with E-state index in [4.69, 9.17) is 4.74 Å². The van der Waals surface area contributed by atoms with Gasteiger partial charge in [0.1, 0.15) is 5.75 Å². The standard InChI is InChI=1S/C17H26N2O2/c1-12-6-9-16(21-3)15(11-12)13(2)18-10-4-5-17(20)19-14-7-8-14/h6,9,11,13-14,18H,4-5,7-8,10H2,1-3H3,(H,19,20). The van der Waals surface area contributed by atoms with Gasteiger partial charge < -0.3 is 15.4 Å². The highest BCUT2D eigenvalue weighted by Crippen LogP contribution is 2.26. The third kappa shape index (κ3) is 5.05. The summed E-state index contributed by atoms with van der Waals surface area (Å²) in [7, 11) is 1.70. The van der Waals surface area contributed by atoms with Gasteiger partial charge in [0.15, 0.2) is 0 Å². The Balaban J connectivity index is 1.74. The summed E-state index contributed by atoms with van der Waals surface area (Å²) in [5.74, 6) is 1.09. The first-order valence-electron chi connectivity index (χ1n) is 7.77. The molecule has 2 N–H and O–H groups in total. The van der Waals surface area contributed by atoms with Crippen molar-refractivity contribution in [3.8, 4) is 5.75 Å². The molecule has 0 aromatic heterocycles. The second-order valence-corrected chi connectivity index (χ2v) is 5.87. The molecule has 0 saturated heterocycles. The maximum atomic E-state index is 11.6. The minimum absolute atomic E-state index is 0.181. The summed E-state index contributed by atoms with van der Waals surface area (Å²) >= 11 is 0. The van der Waals surface area contributed by atoms with Crippen LogP contribution in [0.2, 0.25) is 0 Å². The number of aryl methyl sites for hydroxylation is 1. The van der Waals surface area contributed by atoms with Gasteiger partial charge in [-0.1, -0.05) is 17.7 Å². The first-order valence-corrected chi connectivity index (χ1v) is 7.77. The van der Waals surface area contributed by atoms with Gasteiger partial charge in [0, 0.05) is 24.1 Å². The van der Waals surface area contributed by atoms with E-state index in [1.165, 1.54) is 11.1 Å². The summed E-state index contributed by atoms with van der Waals surface area (Å²) in [6.45, 7) is 5.04. The van der Waals surface area contributed by atoms with Gasteiger partial charge in [-0.05, 0) is 45.7 Å².